The Morgan fingerprint density at radius 3 is 0.893 bits per heavy atom. The Morgan fingerprint density at radius 1 is 0.286 bits per heavy atom. The van der Waals surface area contributed by atoms with E-state index in [4.69, 9.17) is 66.3 Å². The van der Waals surface area contributed by atoms with Crippen LogP contribution in [0.3, 0.4) is 0 Å². The van der Waals surface area contributed by atoms with Crippen molar-refractivity contribution in [2.24, 2.45) is 0 Å². The van der Waals surface area contributed by atoms with Crippen LogP contribution in [0.15, 0.2) is 243 Å². The van der Waals surface area contributed by atoms with E-state index in [1.165, 1.54) is 0 Å². The number of esters is 3. The van der Waals surface area contributed by atoms with Gasteiger partial charge in [0.05, 0.1) is 59.3 Å². The third kappa shape index (κ3) is 38.4. The van der Waals surface area contributed by atoms with Crippen LogP contribution in [0.4, 0.5) is 94.3 Å². The van der Waals surface area contributed by atoms with E-state index < -0.39 is 90.9 Å². The average Bonchev–Trinajstić information content (AvgIpc) is 1.19. The summed E-state index contributed by atoms with van der Waals surface area (Å²) in [5.41, 5.74) is 10.9. The molecule has 2 aliphatic heterocycles. The number of carbonyl (C=O) groups is 13. The Bertz CT molecular complexity index is 5970. The summed E-state index contributed by atoms with van der Waals surface area (Å²) < 4.78 is 73.4. The van der Waals surface area contributed by atoms with Gasteiger partial charge in [0.1, 0.15) is 45.2 Å². The smallest absolute Gasteiger partial charge is 0.419 e. The monoisotopic (exact) mass is 1920 g/mol. The second-order valence-electron chi connectivity index (χ2n) is 32.5. The Kier molecular flexibility index (Phi) is 39.4. The first-order valence-electron chi connectivity index (χ1n) is 45.2. The fraction of sp³-hybridized carbons (Fsp3) is 0.291. The Morgan fingerprint density at radius 2 is 0.550 bits per heavy atom. The molecule has 9 amide bonds. The SMILES string of the molecule is CC(COC(=O)Nc1cccc(Cc2cccc(NC(=O)OCCCCOC(=O)Nc3cccc(Cc4cccc(NC(=O)OCCOCCOC(=O)CCCCC(=O)OC(=O)Nc5cccc(Cc6cccc(NC(=O)OCCCOC(=O)Cc7cccc(Cc8cccc(NC(=O)OCC9CO9)c8)c7)c6)c5)c4)c3)c2)c1)(OC(=O)Nc1cccc(Cc2cccc(NC(=O)OCC3CO3)c2)c1)C(=O)O. The van der Waals surface area contributed by atoms with Gasteiger partial charge in [0.25, 0.3) is 0 Å². The number of hydrogen-bond donors (Lipinski definition) is 10. The molecule has 0 aromatic heterocycles. The summed E-state index contributed by atoms with van der Waals surface area (Å²) in [5.74, 6) is -3.31. The lowest BCUT2D eigenvalue weighted by atomic mass is 10.0. The van der Waals surface area contributed by atoms with Crippen molar-refractivity contribution in [3.8, 4) is 0 Å². The fourth-order valence-corrected chi connectivity index (χ4v) is 13.9. The number of anilines is 9. The standard InChI is InChI=1S/C103H107N9O28/c1-103(93(116)117,140-102(126)112-87-36-15-27-77(61-87)52-74-24-12-33-84(58-74)109-99(123)137-66-89-64-135-89)67-138-100(124)110-85-34-13-25-75(59-85)50-71-21-9-29-80(55-71)105-95(119)131-40-5-4-39-130-94(118)104-79-28-8-20-70(54-79)49-72-23-11-31-82(57-72)107-97(121)133-46-44-127-43-45-129-90(113)37-2-3-38-91(114)139-101(125)111-86-35-14-26-76(60-86)51-73-22-10-30-81(56-73)106-96(120)132-42-16-41-128-92(115)62-78-18-6-17-68(48-78)47-69-19-7-32-83(53-69)108-98(122)136-65-88-63-134-88/h6-15,17-36,48,53-61,88-89H,2-5,16,37-47,49-52,62-67H2,1H3,(H,104,118)(H,105,119)(H,106,120)(H,107,121)(H,108,122)(H,109,123)(H,110,124)(H,111,125)(H,112,126)(H,116,117). The fourth-order valence-electron chi connectivity index (χ4n) is 13.9. The molecule has 0 saturated carbocycles. The molecule has 2 aliphatic rings. The van der Waals surface area contributed by atoms with E-state index in [1.807, 2.05) is 91.0 Å². The summed E-state index contributed by atoms with van der Waals surface area (Å²) in [6, 6.07) is 71.1. The molecule has 10 aromatic rings. The summed E-state index contributed by atoms with van der Waals surface area (Å²) >= 11 is 0. The van der Waals surface area contributed by atoms with Crippen molar-refractivity contribution >= 4 is 130 Å². The van der Waals surface area contributed by atoms with E-state index in [9.17, 15) is 67.4 Å². The molecule has 3 atom stereocenters. The quantitative estimate of drug-likeness (QED) is 0.00556. The van der Waals surface area contributed by atoms with Crippen molar-refractivity contribution in [3.05, 3.63) is 304 Å². The predicted octanol–water partition coefficient (Wildman–Crippen LogP) is 17.9. The molecule has 0 bridgehead atoms. The van der Waals surface area contributed by atoms with Crippen molar-refractivity contribution in [1.29, 1.82) is 0 Å². The molecule has 2 saturated heterocycles. The molecule has 10 N–H and O–H groups in total. The van der Waals surface area contributed by atoms with Gasteiger partial charge in [-0.2, -0.15) is 0 Å². The molecular formula is C103H107N9O28. The molecule has 2 heterocycles. The number of epoxide rings is 2. The van der Waals surface area contributed by atoms with Crippen LogP contribution in [-0.2, 0) is 124 Å². The van der Waals surface area contributed by atoms with Gasteiger partial charge >= 0.3 is 78.7 Å². The van der Waals surface area contributed by atoms with Crippen molar-refractivity contribution in [1.82, 2.24) is 0 Å². The zero-order chi connectivity index (χ0) is 98.6. The number of carboxylic acid groups (broad SMARTS) is 1. The van der Waals surface area contributed by atoms with Gasteiger partial charge in [-0.05, 0) is 235 Å². The molecule has 0 aliphatic carbocycles. The lowest BCUT2D eigenvalue weighted by molar-refractivity contribution is -0.160. The lowest BCUT2D eigenvalue weighted by Gasteiger charge is -2.24. The first-order chi connectivity index (χ1) is 67.8. The summed E-state index contributed by atoms with van der Waals surface area (Å²) in [4.78, 5) is 164. The Labute approximate surface area is 805 Å². The third-order valence-electron chi connectivity index (χ3n) is 20.8. The minimum absolute atomic E-state index is 0.000531. The van der Waals surface area contributed by atoms with Crippen LogP contribution in [0.2, 0.25) is 0 Å². The number of rotatable bonds is 49. The summed E-state index contributed by atoms with van der Waals surface area (Å²) in [6.07, 6.45) is -3.44. The average molecular weight is 1920 g/mol. The maximum Gasteiger partial charge on any atom is 0.419 e. The highest BCUT2D eigenvalue weighted by atomic mass is 16.6. The topological polar surface area (TPSA) is 486 Å². The van der Waals surface area contributed by atoms with Crippen LogP contribution in [0.1, 0.15) is 113 Å². The molecule has 3 unspecified atom stereocenters. The molecule has 12 rings (SSSR count). The van der Waals surface area contributed by atoms with Gasteiger partial charge < -0.3 is 71.4 Å². The van der Waals surface area contributed by atoms with E-state index in [1.54, 1.807) is 152 Å². The lowest BCUT2D eigenvalue weighted by Crippen LogP contribution is -2.46. The number of unbranched alkanes of at least 4 members (excludes halogenated alkanes) is 2. The van der Waals surface area contributed by atoms with Crippen molar-refractivity contribution in [2.75, 3.05) is 134 Å². The van der Waals surface area contributed by atoms with E-state index in [0.29, 0.717) is 109 Å². The van der Waals surface area contributed by atoms with Crippen molar-refractivity contribution < 1.29 is 134 Å². The highest BCUT2D eigenvalue weighted by Crippen LogP contribution is 2.27. The van der Waals surface area contributed by atoms with Crippen LogP contribution in [0.5, 0.6) is 0 Å². The first kappa shape index (κ1) is 103. The summed E-state index contributed by atoms with van der Waals surface area (Å²) in [5, 5.41) is 34.0. The second kappa shape index (κ2) is 53.8. The predicted molar refractivity (Wildman–Crippen MR) is 513 cm³/mol. The molecule has 37 nitrogen and oxygen atoms in total. The van der Waals surface area contributed by atoms with E-state index in [0.717, 1.165) is 68.1 Å². The highest BCUT2D eigenvalue weighted by molar-refractivity contribution is 5.94. The van der Waals surface area contributed by atoms with E-state index in [-0.39, 0.29) is 117 Å². The second-order valence-corrected chi connectivity index (χ2v) is 32.5. The van der Waals surface area contributed by atoms with Crippen LogP contribution >= 0.6 is 0 Å². The van der Waals surface area contributed by atoms with Gasteiger partial charge in [0.2, 0.25) is 5.60 Å². The minimum atomic E-state index is -2.29. The minimum Gasteiger partial charge on any atom is -0.478 e. The normalized spacial score (nSPS) is 12.9. The highest BCUT2D eigenvalue weighted by Gasteiger charge is 2.40. The first-order valence-corrected chi connectivity index (χ1v) is 45.2. The van der Waals surface area contributed by atoms with Gasteiger partial charge in [-0.25, -0.2) is 47.9 Å². The number of hydrogen-bond acceptors (Lipinski definition) is 27. The van der Waals surface area contributed by atoms with Gasteiger partial charge in [0.15, 0.2) is 0 Å². The largest absolute Gasteiger partial charge is 0.478 e. The number of nitrogens with one attached hydrogen (secondary N) is 9. The van der Waals surface area contributed by atoms with E-state index >= 15 is 0 Å². The molecule has 37 heteroatoms. The summed E-state index contributed by atoms with van der Waals surface area (Å²) in [7, 11) is 0. The number of carbonyl (C=O) groups excluding carboxylic acids is 12. The van der Waals surface area contributed by atoms with E-state index in [2.05, 4.69) is 47.9 Å². The molecule has 10 aromatic carbocycles. The maximum absolute atomic E-state index is 13.1. The molecule has 732 valence electrons. The zero-order valence-corrected chi connectivity index (χ0v) is 76.6. The number of ether oxygens (including phenoxy) is 14. The van der Waals surface area contributed by atoms with Gasteiger partial charge in [-0.1, -0.05) is 133 Å². The summed E-state index contributed by atoms with van der Waals surface area (Å²) in [6.45, 7) is 1.77. The Hall–Kier alpha value is -16.4. The Balaban J connectivity index is 0.445. The van der Waals surface area contributed by atoms with Crippen LogP contribution in [0, 0.1) is 0 Å². The van der Waals surface area contributed by atoms with Gasteiger partial charge in [0, 0.05) is 70.4 Å². The number of benzene rings is 10. The zero-order valence-electron chi connectivity index (χ0n) is 76.6. The van der Waals surface area contributed by atoms with Crippen molar-refractivity contribution in [2.45, 2.75) is 108 Å². The van der Waals surface area contributed by atoms with Gasteiger partial charge in [-0.3, -0.25) is 62.2 Å². The van der Waals surface area contributed by atoms with Crippen LogP contribution in [-0.4, -0.2) is 188 Å². The number of amides is 9. The third-order valence-corrected chi connectivity index (χ3v) is 20.8. The van der Waals surface area contributed by atoms with Crippen LogP contribution < -0.4 is 47.9 Å². The van der Waals surface area contributed by atoms with Crippen molar-refractivity contribution in [3.63, 3.8) is 0 Å². The molecule has 0 spiro atoms. The molecule has 140 heavy (non-hydrogen) atoms. The number of aliphatic carboxylic acids is 1. The maximum atomic E-state index is 13.1. The molecule has 2 fully saturated rings. The molecular weight excluding hydrogens is 1810 g/mol. The number of carboxylic acids is 1. The van der Waals surface area contributed by atoms with Gasteiger partial charge in [-0.15, -0.1) is 0 Å². The molecule has 0 radical (unpaired) electrons. The van der Waals surface area contributed by atoms with Crippen LogP contribution in [0.25, 0.3) is 0 Å².